The fourth-order valence-electron chi connectivity index (χ4n) is 2.97. The van der Waals surface area contributed by atoms with Gasteiger partial charge in [-0.15, -0.1) is 11.6 Å². The smallest absolute Gasteiger partial charge is 0.262 e. The lowest BCUT2D eigenvalue weighted by atomic mass is 10.2. The minimum absolute atomic E-state index is 0.0650. The Kier molecular flexibility index (Phi) is 6.15. The highest BCUT2D eigenvalue weighted by Gasteiger charge is 2.24. The van der Waals surface area contributed by atoms with E-state index in [1.807, 2.05) is 26.0 Å². The number of ether oxygens (including phenoxy) is 4. The van der Waals surface area contributed by atoms with Crippen LogP contribution in [0.5, 0.6) is 23.1 Å². The van der Waals surface area contributed by atoms with Gasteiger partial charge in [-0.05, 0) is 20.3 Å². The summed E-state index contributed by atoms with van der Waals surface area (Å²) in [7, 11) is 0. The molecule has 1 aromatic carbocycles. The quantitative estimate of drug-likeness (QED) is 0.381. The van der Waals surface area contributed by atoms with Gasteiger partial charge in [0.15, 0.2) is 0 Å². The first-order valence-corrected chi connectivity index (χ1v) is 10.3. The maximum absolute atomic E-state index is 6.36. The SMILES string of the molecule is CC(C)Oc1cc(OCCCCl)cc2ncnc(Nc3c(Cl)cnc4c3OCO4)c12. The first-order valence-electron chi connectivity index (χ1n) is 9.42. The molecule has 158 valence electrons. The number of nitrogens with zero attached hydrogens (tertiary/aromatic N) is 3. The summed E-state index contributed by atoms with van der Waals surface area (Å²) in [4.78, 5) is 12.9. The van der Waals surface area contributed by atoms with Crippen LogP contribution in [0.3, 0.4) is 0 Å². The van der Waals surface area contributed by atoms with Crippen molar-refractivity contribution < 1.29 is 18.9 Å². The number of anilines is 2. The predicted octanol–water partition coefficient (Wildman–Crippen LogP) is 4.95. The van der Waals surface area contributed by atoms with Gasteiger partial charge in [0.25, 0.3) is 5.88 Å². The second-order valence-electron chi connectivity index (χ2n) is 6.74. The minimum atomic E-state index is -0.0650. The Hall–Kier alpha value is -2.71. The molecule has 0 saturated heterocycles. The van der Waals surface area contributed by atoms with Crippen molar-refractivity contribution in [2.24, 2.45) is 0 Å². The second-order valence-corrected chi connectivity index (χ2v) is 7.53. The standard InChI is InChI=1S/C20H20Cl2N4O4/c1-11(2)30-15-7-12(27-5-3-4-21)6-14-16(15)19(25-9-24-14)26-17-13(22)8-23-20-18(17)28-10-29-20/h6-9,11H,3-5,10H2,1-2H3,(H,23,24,25,26). The number of aromatic nitrogens is 3. The zero-order valence-corrected chi connectivity index (χ0v) is 18.0. The molecule has 0 amide bonds. The lowest BCUT2D eigenvalue weighted by molar-refractivity contribution is 0.171. The molecule has 3 heterocycles. The van der Waals surface area contributed by atoms with Gasteiger partial charge in [-0.1, -0.05) is 11.6 Å². The number of benzene rings is 1. The van der Waals surface area contributed by atoms with Gasteiger partial charge in [0.2, 0.25) is 12.5 Å². The van der Waals surface area contributed by atoms with E-state index in [4.69, 9.17) is 42.1 Å². The van der Waals surface area contributed by atoms with E-state index < -0.39 is 0 Å². The molecule has 0 radical (unpaired) electrons. The molecular formula is C20H20Cl2N4O4. The number of hydrogen-bond acceptors (Lipinski definition) is 8. The third-order valence-corrected chi connectivity index (χ3v) is 4.74. The van der Waals surface area contributed by atoms with E-state index >= 15 is 0 Å². The van der Waals surface area contributed by atoms with E-state index in [-0.39, 0.29) is 12.9 Å². The van der Waals surface area contributed by atoms with Crippen molar-refractivity contribution in [2.45, 2.75) is 26.4 Å². The van der Waals surface area contributed by atoms with E-state index in [9.17, 15) is 0 Å². The van der Waals surface area contributed by atoms with Gasteiger partial charge in [0.1, 0.15) is 29.3 Å². The zero-order valence-electron chi connectivity index (χ0n) is 16.4. The molecular weight excluding hydrogens is 431 g/mol. The lowest BCUT2D eigenvalue weighted by Crippen LogP contribution is -2.08. The van der Waals surface area contributed by atoms with Gasteiger partial charge in [-0.2, -0.15) is 0 Å². The summed E-state index contributed by atoms with van der Waals surface area (Å²) in [5, 5.41) is 4.30. The number of fused-ring (bicyclic) bond motifs is 2. The number of rotatable bonds is 8. The van der Waals surface area contributed by atoms with Gasteiger partial charge >= 0.3 is 0 Å². The van der Waals surface area contributed by atoms with Crippen molar-refractivity contribution in [2.75, 3.05) is 24.6 Å². The van der Waals surface area contributed by atoms with Crippen LogP contribution in [0.25, 0.3) is 10.9 Å². The van der Waals surface area contributed by atoms with Gasteiger partial charge in [-0.25, -0.2) is 15.0 Å². The van der Waals surface area contributed by atoms with Crippen molar-refractivity contribution in [1.29, 1.82) is 0 Å². The molecule has 30 heavy (non-hydrogen) atoms. The molecule has 0 spiro atoms. The summed E-state index contributed by atoms with van der Waals surface area (Å²) in [5.41, 5.74) is 1.17. The second kappa shape index (κ2) is 8.97. The molecule has 8 nitrogen and oxygen atoms in total. The molecule has 3 aromatic rings. The highest BCUT2D eigenvalue weighted by atomic mass is 35.5. The van der Waals surface area contributed by atoms with Gasteiger partial charge < -0.3 is 24.3 Å². The number of alkyl halides is 1. The van der Waals surface area contributed by atoms with Crippen molar-refractivity contribution >= 4 is 45.6 Å². The van der Waals surface area contributed by atoms with Crippen molar-refractivity contribution in [1.82, 2.24) is 15.0 Å². The highest BCUT2D eigenvalue weighted by Crippen LogP contribution is 2.44. The molecule has 0 bridgehead atoms. The average molecular weight is 451 g/mol. The summed E-state index contributed by atoms with van der Waals surface area (Å²) in [5.74, 6) is 3.07. The Morgan fingerprint density at radius 3 is 2.87 bits per heavy atom. The zero-order chi connectivity index (χ0) is 21.1. The van der Waals surface area contributed by atoms with E-state index in [0.29, 0.717) is 63.0 Å². The summed E-state index contributed by atoms with van der Waals surface area (Å²) in [6.45, 7) is 4.47. The van der Waals surface area contributed by atoms with E-state index in [1.165, 1.54) is 12.5 Å². The Labute approximate surface area is 183 Å². The number of nitrogens with one attached hydrogen (secondary N) is 1. The first-order chi connectivity index (χ1) is 14.6. The molecule has 1 aliphatic rings. The van der Waals surface area contributed by atoms with Crippen LogP contribution in [0.4, 0.5) is 11.5 Å². The van der Waals surface area contributed by atoms with Crippen LogP contribution in [-0.4, -0.2) is 40.3 Å². The Morgan fingerprint density at radius 1 is 1.20 bits per heavy atom. The average Bonchev–Trinajstić information content (AvgIpc) is 3.19. The molecule has 4 rings (SSSR count). The van der Waals surface area contributed by atoms with Crippen molar-refractivity contribution in [3.8, 4) is 23.1 Å². The molecule has 0 atom stereocenters. The van der Waals surface area contributed by atoms with Gasteiger partial charge in [0.05, 0.1) is 34.8 Å². The summed E-state index contributed by atoms with van der Waals surface area (Å²) in [6, 6.07) is 3.66. The number of pyridine rings is 1. The van der Waals surface area contributed by atoms with E-state index in [2.05, 4.69) is 20.3 Å². The fourth-order valence-corrected chi connectivity index (χ4v) is 3.26. The largest absolute Gasteiger partial charge is 0.493 e. The molecule has 10 heteroatoms. The summed E-state index contributed by atoms with van der Waals surface area (Å²) in [6.07, 6.45) is 3.63. The van der Waals surface area contributed by atoms with Crippen LogP contribution >= 0.6 is 23.2 Å². The van der Waals surface area contributed by atoms with Crippen LogP contribution in [0, 0.1) is 0 Å². The molecule has 0 saturated carbocycles. The normalized spacial score (nSPS) is 12.4. The topological polar surface area (TPSA) is 87.6 Å². The maximum Gasteiger partial charge on any atom is 0.262 e. The minimum Gasteiger partial charge on any atom is -0.493 e. The molecule has 1 N–H and O–H groups in total. The first kappa shape index (κ1) is 20.6. The third kappa shape index (κ3) is 4.24. The van der Waals surface area contributed by atoms with Gasteiger partial charge in [0, 0.05) is 18.0 Å². The Balaban J connectivity index is 1.78. The highest BCUT2D eigenvalue weighted by molar-refractivity contribution is 6.33. The van der Waals surface area contributed by atoms with Gasteiger partial charge in [-0.3, -0.25) is 0 Å². The summed E-state index contributed by atoms with van der Waals surface area (Å²) >= 11 is 12.1. The molecule has 0 fully saturated rings. The van der Waals surface area contributed by atoms with Crippen molar-refractivity contribution in [3.05, 3.63) is 29.7 Å². The Morgan fingerprint density at radius 2 is 2.07 bits per heavy atom. The number of halogens is 2. The lowest BCUT2D eigenvalue weighted by Gasteiger charge is -2.17. The van der Waals surface area contributed by atoms with E-state index in [1.54, 1.807) is 0 Å². The molecule has 2 aromatic heterocycles. The molecule has 0 aliphatic carbocycles. The molecule has 0 unspecified atom stereocenters. The molecule has 1 aliphatic heterocycles. The summed E-state index contributed by atoms with van der Waals surface area (Å²) < 4.78 is 22.7. The van der Waals surface area contributed by atoms with Crippen LogP contribution in [0.15, 0.2) is 24.7 Å². The Bertz CT molecular complexity index is 1060. The number of hydrogen-bond donors (Lipinski definition) is 1. The maximum atomic E-state index is 6.36. The van der Waals surface area contributed by atoms with E-state index in [0.717, 1.165) is 6.42 Å². The van der Waals surface area contributed by atoms with Crippen molar-refractivity contribution in [3.63, 3.8) is 0 Å². The third-order valence-electron chi connectivity index (χ3n) is 4.18. The van der Waals surface area contributed by atoms with Crippen LogP contribution in [0.2, 0.25) is 5.02 Å². The predicted molar refractivity (Wildman–Crippen MR) is 115 cm³/mol. The van der Waals surface area contributed by atoms with Crippen LogP contribution in [-0.2, 0) is 0 Å². The van der Waals surface area contributed by atoms with Crippen LogP contribution < -0.4 is 24.3 Å². The fraction of sp³-hybridized carbons (Fsp3) is 0.350. The van der Waals surface area contributed by atoms with Crippen LogP contribution in [0.1, 0.15) is 20.3 Å². The monoisotopic (exact) mass is 450 g/mol.